The predicted molar refractivity (Wildman–Crippen MR) is 150 cm³/mol. The van der Waals surface area contributed by atoms with Crippen molar-refractivity contribution in [1.29, 1.82) is 0 Å². The monoisotopic (exact) mass is 597 g/mol. The minimum Gasteiger partial charge on any atom is -0.394 e. The van der Waals surface area contributed by atoms with Crippen LogP contribution in [0.4, 0.5) is 0 Å². The van der Waals surface area contributed by atoms with Gasteiger partial charge in [-0.1, -0.05) is 89.9 Å². The van der Waals surface area contributed by atoms with Crippen molar-refractivity contribution < 1.29 is 24.2 Å². The van der Waals surface area contributed by atoms with Crippen LogP contribution in [0.5, 0.6) is 0 Å². The Morgan fingerprint density at radius 2 is 1.79 bits per heavy atom. The fourth-order valence-corrected chi connectivity index (χ4v) is 7.70. The summed E-state index contributed by atoms with van der Waals surface area (Å²) in [6.07, 6.45) is 1.57. The summed E-state index contributed by atoms with van der Waals surface area (Å²) in [4.78, 5) is 43.3. The number of hydrogen-bond donors (Lipinski definition) is 3. The summed E-state index contributed by atoms with van der Waals surface area (Å²) in [7, 11) is 0. The quantitative estimate of drug-likeness (QED) is 0.365. The maximum absolute atomic E-state index is 14.3. The Morgan fingerprint density at radius 3 is 2.44 bits per heavy atom. The molecular weight excluding hydrogens is 562 g/mol. The number of likely N-dealkylation sites (tertiary alicyclic amines) is 1. The zero-order valence-electron chi connectivity index (χ0n) is 22.3. The molecular formula is C30H36BrN3O5. The van der Waals surface area contributed by atoms with Crippen LogP contribution < -0.4 is 10.6 Å². The number of hydrogen-bond acceptors (Lipinski definition) is 5. The fraction of sp³-hybridized carbons (Fsp3) is 0.500. The number of rotatable bonds is 10. The molecule has 208 valence electrons. The summed E-state index contributed by atoms with van der Waals surface area (Å²) < 4.78 is 6.58. The van der Waals surface area contributed by atoms with Crippen LogP contribution in [0.3, 0.4) is 0 Å². The Morgan fingerprint density at radius 1 is 1.13 bits per heavy atom. The lowest BCUT2D eigenvalue weighted by atomic mass is 9.70. The average Bonchev–Trinajstić information content (AvgIpc) is 3.52. The second-order valence-electron chi connectivity index (χ2n) is 10.9. The van der Waals surface area contributed by atoms with Crippen molar-refractivity contribution in [2.45, 2.75) is 74.3 Å². The van der Waals surface area contributed by atoms with Gasteiger partial charge in [0.05, 0.1) is 30.6 Å². The lowest BCUT2D eigenvalue weighted by Crippen LogP contribution is -2.57. The van der Waals surface area contributed by atoms with E-state index in [1.54, 1.807) is 0 Å². The van der Waals surface area contributed by atoms with Gasteiger partial charge < -0.3 is 25.4 Å². The molecule has 2 bridgehead atoms. The van der Waals surface area contributed by atoms with Gasteiger partial charge >= 0.3 is 0 Å². The molecule has 4 unspecified atom stereocenters. The molecule has 3 heterocycles. The lowest BCUT2D eigenvalue weighted by Gasteiger charge is -2.37. The second kappa shape index (κ2) is 11.4. The van der Waals surface area contributed by atoms with E-state index in [4.69, 9.17) is 4.74 Å². The molecule has 8 atom stereocenters. The molecule has 0 aliphatic carbocycles. The summed E-state index contributed by atoms with van der Waals surface area (Å²) in [6, 6.07) is 17.0. The standard InChI is InChI=1S/C30H36BrN3O5/c1-3-10-18(2)33-28(37)26-30-15-21(31)25(39-30)23(27(36)32-16-19-11-6-4-7-12-19)24(30)29(38)34(26)22(17-35)20-13-8-5-9-14-20/h4-9,11-14,18,21-26,35H,3,10,15-17H2,1-2H3,(H,32,36)(H,33,37)/t18?,21?,22-,23-,24+,25-,26?,30?/m1/s1. The Hall–Kier alpha value is -2.75. The lowest BCUT2D eigenvalue weighted by molar-refractivity contribution is -0.146. The number of aliphatic hydroxyl groups is 1. The van der Waals surface area contributed by atoms with Crippen LogP contribution in [0.15, 0.2) is 60.7 Å². The number of carbonyl (C=O) groups is 3. The number of halogens is 1. The van der Waals surface area contributed by atoms with Crippen molar-refractivity contribution in [3.05, 3.63) is 71.8 Å². The Balaban J connectivity index is 1.51. The smallest absolute Gasteiger partial charge is 0.246 e. The number of nitrogens with one attached hydrogen (secondary N) is 2. The molecule has 3 aliphatic heterocycles. The van der Waals surface area contributed by atoms with Gasteiger partial charge in [0.15, 0.2) is 0 Å². The number of amides is 3. The summed E-state index contributed by atoms with van der Waals surface area (Å²) in [6.45, 7) is 3.96. The molecule has 0 radical (unpaired) electrons. The summed E-state index contributed by atoms with van der Waals surface area (Å²) in [5.74, 6) is -2.51. The third-order valence-corrected chi connectivity index (χ3v) is 9.24. The van der Waals surface area contributed by atoms with E-state index in [0.717, 1.165) is 24.0 Å². The number of alkyl halides is 1. The first-order chi connectivity index (χ1) is 18.8. The van der Waals surface area contributed by atoms with E-state index in [0.29, 0.717) is 13.0 Å². The van der Waals surface area contributed by atoms with Crippen LogP contribution >= 0.6 is 15.9 Å². The number of fused-ring (bicyclic) bond motifs is 1. The Bertz CT molecular complexity index is 1200. The van der Waals surface area contributed by atoms with Gasteiger partial charge in [-0.3, -0.25) is 14.4 Å². The van der Waals surface area contributed by atoms with E-state index in [2.05, 4.69) is 33.5 Å². The third-order valence-electron chi connectivity index (χ3n) is 8.39. The number of benzene rings is 2. The maximum Gasteiger partial charge on any atom is 0.246 e. The highest BCUT2D eigenvalue weighted by Crippen LogP contribution is 2.61. The second-order valence-corrected chi connectivity index (χ2v) is 12.1. The normalized spacial score (nSPS) is 30.6. The molecule has 3 fully saturated rings. The van der Waals surface area contributed by atoms with E-state index >= 15 is 0 Å². The summed E-state index contributed by atoms with van der Waals surface area (Å²) in [5, 5.41) is 16.6. The van der Waals surface area contributed by atoms with Crippen LogP contribution in [-0.2, 0) is 25.7 Å². The van der Waals surface area contributed by atoms with E-state index in [9.17, 15) is 19.5 Å². The predicted octanol–water partition coefficient (Wildman–Crippen LogP) is 3.09. The average molecular weight is 599 g/mol. The molecule has 3 amide bonds. The molecule has 2 aromatic carbocycles. The topological polar surface area (TPSA) is 108 Å². The van der Waals surface area contributed by atoms with Gasteiger partial charge in [0, 0.05) is 17.4 Å². The van der Waals surface area contributed by atoms with E-state index in [-0.39, 0.29) is 35.2 Å². The van der Waals surface area contributed by atoms with Crippen molar-refractivity contribution in [1.82, 2.24) is 15.5 Å². The molecule has 3 aliphatic rings. The molecule has 39 heavy (non-hydrogen) atoms. The van der Waals surface area contributed by atoms with Crippen molar-refractivity contribution in [3.63, 3.8) is 0 Å². The molecule has 9 heteroatoms. The SMILES string of the molecule is CCCC(C)NC(=O)C1N([C@H](CO)c2ccccc2)C(=O)[C@@H]2[C@@H](C(=O)NCc3ccccc3)[C@@H]3OC12CC3Br. The van der Waals surface area contributed by atoms with Crippen molar-refractivity contribution in [2.24, 2.45) is 11.8 Å². The van der Waals surface area contributed by atoms with E-state index in [1.807, 2.05) is 67.6 Å². The van der Waals surface area contributed by atoms with Gasteiger partial charge in [0.1, 0.15) is 11.6 Å². The van der Waals surface area contributed by atoms with Gasteiger partial charge in [-0.05, 0) is 30.9 Å². The molecule has 8 nitrogen and oxygen atoms in total. The molecule has 1 spiro atoms. The molecule has 0 saturated carbocycles. The first-order valence-electron chi connectivity index (χ1n) is 13.7. The van der Waals surface area contributed by atoms with Gasteiger partial charge in [-0.25, -0.2) is 0 Å². The number of ether oxygens (including phenoxy) is 1. The summed E-state index contributed by atoms with van der Waals surface area (Å²) in [5.41, 5.74) is 0.494. The van der Waals surface area contributed by atoms with Crippen LogP contribution in [0.1, 0.15) is 50.3 Å². The molecule has 5 rings (SSSR count). The first-order valence-corrected chi connectivity index (χ1v) is 14.7. The van der Waals surface area contributed by atoms with Crippen LogP contribution in [-0.4, -0.2) is 63.0 Å². The van der Waals surface area contributed by atoms with Crippen LogP contribution in [0.25, 0.3) is 0 Å². The van der Waals surface area contributed by atoms with Gasteiger partial charge in [0.2, 0.25) is 17.7 Å². The summed E-state index contributed by atoms with van der Waals surface area (Å²) >= 11 is 3.71. The Kier molecular flexibility index (Phi) is 8.12. The van der Waals surface area contributed by atoms with Crippen molar-refractivity contribution in [2.75, 3.05) is 6.61 Å². The highest BCUT2D eigenvalue weighted by molar-refractivity contribution is 9.09. The minimum atomic E-state index is -1.18. The van der Waals surface area contributed by atoms with E-state index in [1.165, 1.54) is 4.90 Å². The zero-order chi connectivity index (χ0) is 27.7. The number of aliphatic hydroxyl groups excluding tert-OH is 1. The largest absolute Gasteiger partial charge is 0.394 e. The minimum absolute atomic E-state index is 0.0949. The third kappa shape index (κ3) is 4.89. The Labute approximate surface area is 237 Å². The van der Waals surface area contributed by atoms with Gasteiger partial charge in [-0.2, -0.15) is 0 Å². The van der Waals surface area contributed by atoms with E-state index < -0.39 is 35.6 Å². The highest BCUT2D eigenvalue weighted by Gasteiger charge is 2.77. The molecule has 0 aromatic heterocycles. The van der Waals surface area contributed by atoms with Crippen LogP contribution in [0, 0.1) is 11.8 Å². The van der Waals surface area contributed by atoms with Crippen LogP contribution in [0.2, 0.25) is 0 Å². The maximum atomic E-state index is 14.3. The highest BCUT2D eigenvalue weighted by atomic mass is 79.9. The molecule has 2 aromatic rings. The first kappa shape index (κ1) is 27.8. The fourth-order valence-electron chi connectivity index (χ4n) is 6.76. The molecule has 3 saturated heterocycles. The number of nitrogens with zero attached hydrogens (tertiary/aromatic N) is 1. The molecule has 3 N–H and O–H groups in total. The number of carbonyl (C=O) groups excluding carboxylic acids is 3. The van der Waals surface area contributed by atoms with Crippen molar-refractivity contribution >= 4 is 33.7 Å². The van der Waals surface area contributed by atoms with Gasteiger partial charge in [-0.15, -0.1) is 0 Å². The van der Waals surface area contributed by atoms with Crippen molar-refractivity contribution in [3.8, 4) is 0 Å². The van der Waals surface area contributed by atoms with Gasteiger partial charge in [0.25, 0.3) is 0 Å². The zero-order valence-corrected chi connectivity index (χ0v) is 23.8.